The molecule has 37 heavy (non-hydrogen) atoms. The lowest BCUT2D eigenvalue weighted by molar-refractivity contribution is -0.132. The van der Waals surface area contributed by atoms with E-state index in [0.29, 0.717) is 22.8 Å². The van der Waals surface area contributed by atoms with Crippen LogP contribution in [0, 0.1) is 12.7 Å². The molecule has 0 spiro atoms. The van der Waals surface area contributed by atoms with Crippen LogP contribution in [0.2, 0.25) is 0 Å². The van der Waals surface area contributed by atoms with Gasteiger partial charge in [0.05, 0.1) is 38.1 Å². The van der Waals surface area contributed by atoms with Crippen LogP contribution in [-0.2, 0) is 14.3 Å². The summed E-state index contributed by atoms with van der Waals surface area (Å²) in [6, 6.07) is 8.53. The molecule has 1 atom stereocenters. The van der Waals surface area contributed by atoms with Crippen LogP contribution in [0.5, 0.6) is 11.5 Å². The number of halogens is 1. The molecule has 11 heteroatoms. The summed E-state index contributed by atoms with van der Waals surface area (Å²) in [6.45, 7) is 3.41. The number of ether oxygens (including phenoxy) is 3. The Bertz CT molecular complexity index is 1410. The number of anilines is 1. The number of nitrogens with zero attached hydrogens (tertiary/aromatic N) is 2. The minimum atomic E-state index is -1.13. The summed E-state index contributed by atoms with van der Waals surface area (Å²) in [5, 5.41) is 11.2. The van der Waals surface area contributed by atoms with Crippen LogP contribution in [0.25, 0.3) is 5.76 Å². The van der Waals surface area contributed by atoms with Crippen LogP contribution in [0.3, 0.4) is 0 Å². The molecule has 1 amide bonds. The van der Waals surface area contributed by atoms with Gasteiger partial charge in [-0.25, -0.2) is 14.2 Å². The number of carbonyl (C=O) groups excluding carboxylic acids is 3. The molecule has 192 valence electrons. The van der Waals surface area contributed by atoms with Gasteiger partial charge in [-0.05, 0) is 55.8 Å². The number of rotatable bonds is 7. The third kappa shape index (κ3) is 4.65. The summed E-state index contributed by atoms with van der Waals surface area (Å²) >= 11 is 0.896. The monoisotopic (exact) mass is 526 g/mol. The number of amides is 1. The Labute approximate surface area is 215 Å². The van der Waals surface area contributed by atoms with E-state index in [2.05, 4.69) is 4.98 Å². The van der Waals surface area contributed by atoms with Crippen molar-refractivity contribution in [3.63, 3.8) is 0 Å². The molecule has 1 aromatic heterocycles. The second-order valence-electron chi connectivity index (χ2n) is 7.92. The molecule has 0 saturated carbocycles. The maximum atomic E-state index is 13.5. The Morgan fingerprint density at radius 2 is 1.78 bits per heavy atom. The lowest BCUT2D eigenvalue weighted by Gasteiger charge is -2.23. The first-order valence-corrected chi connectivity index (χ1v) is 12.0. The van der Waals surface area contributed by atoms with E-state index in [4.69, 9.17) is 14.2 Å². The van der Waals surface area contributed by atoms with Crippen LogP contribution in [0.1, 0.15) is 39.5 Å². The number of methoxy groups -OCH3 is 2. The van der Waals surface area contributed by atoms with Gasteiger partial charge in [0.2, 0.25) is 0 Å². The Hall–Kier alpha value is -4.25. The van der Waals surface area contributed by atoms with Crippen molar-refractivity contribution in [2.24, 2.45) is 0 Å². The maximum Gasteiger partial charge on any atom is 0.350 e. The van der Waals surface area contributed by atoms with Crippen molar-refractivity contribution in [2.75, 3.05) is 25.7 Å². The third-order valence-corrected chi connectivity index (χ3v) is 6.87. The Morgan fingerprint density at radius 1 is 1.11 bits per heavy atom. The van der Waals surface area contributed by atoms with Crippen molar-refractivity contribution in [2.45, 2.75) is 19.9 Å². The van der Waals surface area contributed by atoms with Crippen molar-refractivity contribution < 1.29 is 38.1 Å². The van der Waals surface area contributed by atoms with Crippen molar-refractivity contribution in [3.8, 4) is 11.5 Å². The zero-order chi connectivity index (χ0) is 26.9. The number of aliphatic hydroxyl groups is 1. The highest BCUT2D eigenvalue weighted by atomic mass is 32.1. The van der Waals surface area contributed by atoms with Gasteiger partial charge in [0.1, 0.15) is 16.5 Å². The molecule has 1 fully saturated rings. The zero-order valence-electron chi connectivity index (χ0n) is 20.4. The number of ketones is 1. The van der Waals surface area contributed by atoms with Crippen LogP contribution in [-0.4, -0.2) is 48.6 Å². The van der Waals surface area contributed by atoms with E-state index in [-0.39, 0.29) is 27.8 Å². The van der Waals surface area contributed by atoms with E-state index >= 15 is 0 Å². The molecule has 1 N–H and O–H groups in total. The molecule has 1 aliphatic heterocycles. The second kappa shape index (κ2) is 10.4. The molecule has 1 saturated heterocycles. The summed E-state index contributed by atoms with van der Waals surface area (Å²) in [7, 11) is 2.90. The fourth-order valence-corrected chi connectivity index (χ4v) is 4.99. The number of benzene rings is 2. The molecule has 3 aromatic rings. The van der Waals surface area contributed by atoms with Crippen LogP contribution >= 0.6 is 11.3 Å². The standard InChI is InChI=1S/C26H23FN2O7S/c1-5-36-25(33)23-13(2)28-26(37-23)29-20(15-8-11-17(34-3)18(12-15)35-4)19(22(31)24(29)32)21(30)14-6-9-16(27)10-7-14/h6-12,20,30H,5H2,1-4H3/t20-/m1/s1. The smallest absolute Gasteiger partial charge is 0.350 e. The molecule has 0 bridgehead atoms. The molecule has 2 heterocycles. The summed E-state index contributed by atoms with van der Waals surface area (Å²) in [5.74, 6) is -2.79. The first-order chi connectivity index (χ1) is 17.7. The average Bonchev–Trinajstić information content (AvgIpc) is 3.40. The highest BCUT2D eigenvalue weighted by Gasteiger charge is 2.48. The van der Waals surface area contributed by atoms with Gasteiger partial charge in [-0.1, -0.05) is 17.4 Å². The summed E-state index contributed by atoms with van der Waals surface area (Å²) in [4.78, 5) is 44.7. The van der Waals surface area contributed by atoms with Gasteiger partial charge in [0, 0.05) is 5.56 Å². The van der Waals surface area contributed by atoms with Gasteiger partial charge in [-0.15, -0.1) is 0 Å². The Kier molecular flexibility index (Phi) is 7.25. The molecular formula is C26H23FN2O7S. The van der Waals surface area contributed by atoms with Crippen LogP contribution in [0.4, 0.5) is 9.52 Å². The number of aliphatic hydroxyl groups excluding tert-OH is 1. The number of aryl methyl sites for hydroxylation is 1. The molecule has 0 unspecified atom stereocenters. The normalized spacial score (nSPS) is 16.7. The lowest BCUT2D eigenvalue weighted by atomic mass is 9.95. The molecular weight excluding hydrogens is 503 g/mol. The quantitative estimate of drug-likeness (QED) is 0.208. The summed E-state index contributed by atoms with van der Waals surface area (Å²) < 4.78 is 29.3. The SMILES string of the molecule is CCOC(=O)c1sc(N2C(=O)C(=O)C(=C(O)c3ccc(F)cc3)[C@H]2c2ccc(OC)c(OC)c2)nc1C. The van der Waals surface area contributed by atoms with E-state index in [1.54, 1.807) is 32.0 Å². The van der Waals surface area contributed by atoms with Gasteiger partial charge >= 0.3 is 11.9 Å². The first kappa shape index (κ1) is 25.8. The Balaban J connectivity index is 1.94. The number of Topliss-reactive ketones (excluding diaryl/α,β-unsaturated/α-hetero) is 1. The molecule has 0 aliphatic carbocycles. The summed E-state index contributed by atoms with van der Waals surface area (Å²) in [6.07, 6.45) is 0. The average molecular weight is 527 g/mol. The van der Waals surface area contributed by atoms with Crippen molar-refractivity contribution in [3.05, 3.63) is 75.6 Å². The van der Waals surface area contributed by atoms with Gasteiger partial charge in [-0.3, -0.25) is 14.5 Å². The fourth-order valence-electron chi connectivity index (χ4n) is 4.00. The predicted molar refractivity (Wildman–Crippen MR) is 134 cm³/mol. The lowest BCUT2D eigenvalue weighted by Crippen LogP contribution is -2.29. The van der Waals surface area contributed by atoms with Crippen molar-refractivity contribution >= 4 is 39.9 Å². The molecule has 4 rings (SSSR count). The minimum Gasteiger partial charge on any atom is -0.507 e. The van der Waals surface area contributed by atoms with Crippen LogP contribution < -0.4 is 14.4 Å². The van der Waals surface area contributed by atoms with Crippen molar-refractivity contribution in [1.82, 2.24) is 4.98 Å². The van der Waals surface area contributed by atoms with Crippen molar-refractivity contribution in [1.29, 1.82) is 0 Å². The van der Waals surface area contributed by atoms with E-state index < -0.39 is 35.3 Å². The predicted octanol–water partition coefficient (Wildman–Crippen LogP) is 4.41. The van der Waals surface area contributed by atoms with Gasteiger partial charge in [-0.2, -0.15) is 0 Å². The number of thiazole rings is 1. The van der Waals surface area contributed by atoms with E-state index in [9.17, 15) is 23.9 Å². The van der Waals surface area contributed by atoms with Gasteiger partial charge in [0.25, 0.3) is 5.78 Å². The maximum absolute atomic E-state index is 13.5. The third-order valence-electron chi connectivity index (χ3n) is 5.74. The minimum absolute atomic E-state index is 0.0700. The molecule has 0 radical (unpaired) electrons. The van der Waals surface area contributed by atoms with Crippen LogP contribution in [0.15, 0.2) is 48.0 Å². The molecule has 1 aliphatic rings. The van der Waals surface area contributed by atoms with Gasteiger partial charge < -0.3 is 19.3 Å². The zero-order valence-corrected chi connectivity index (χ0v) is 21.2. The first-order valence-electron chi connectivity index (χ1n) is 11.1. The number of esters is 1. The number of carbonyl (C=O) groups is 3. The number of hydrogen-bond acceptors (Lipinski definition) is 9. The number of hydrogen-bond donors (Lipinski definition) is 1. The molecule has 9 nitrogen and oxygen atoms in total. The highest BCUT2D eigenvalue weighted by molar-refractivity contribution is 7.17. The van der Waals surface area contributed by atoms with Gasteiger partial charge in [0.15, 0.2) is 16.6 Å². The second-order valence-corrected chi connectivity index (χ2v) is 8.90. The van der Waals surface area contributed by atoms with E-state index in [0.717, 1.165) is 28.4 Å². The van der Waals surface area contributed by atoms with E-state index in [1.165, 1.54) is 26.4 Å². The Morgan fingerprint density at radius 3 is 2.41 bits per heavy atom. The topological polar surface area (TPSA) is 115 Å². The largest absolute Gasteiger partial charge is 0.507 e. The molecule has 2 aromatic carbocycles. The van der Waals surface area contributed by atoms with E-state index in [1.807, 2.05) is 0 Å². The summed E-state index contributed by atoms with van der Waals surface area (Å²) in [5.41, 5.74) is 0.651. The fraction of sp³-hybridized carbons (Fsp3) is 0.231. The highest BCUT2D eigenvalue weighted by Crippen LogP contribution is 2.45. The number of aromatic nitrogens is 1.